The molecule has 2 aromatic rings. The summed E-state index contributed by atoms with van der Waals surface area (Å²) in [6.45, 7) is 2.95. The highest BCUT2D eigenvalue weighted by Crippen LogP contribution is 2.33. The van der Waals surface area contributed by atoms with Gasteiger partial charge in [0.2, 0.25) is 10.0 Å². The average Bonchev–Trinajstić information content (AvgIpc) is 2.73. The number of non-ortho nitro benzene ring substituents is 1. The van der Waals surface area contributed by atoms with E-state index < -0.39 is 19.9 Å². The van der Waals surface area contributed by atoms with Gasteiger partial charge in [0.25, 0.3) is 11.4 Å². The van der Waals surface area contributed by atoms with Crippen molar-refractivity contribution in [3.63, 3.8) is 0 Å². The highest BCUT2D eigenvalue weighted by atomic mass is 32.2. The first-order chi connectivity index (χ1) is 14.6. The Bertz CT molecular complexity index is 1100. The molecule has 0 spiro atoms. The zero-order valence-corrected chi connectivity index (χ0v) is 18.1. The Labute approximate surface area is 180 Å². The second-order valence-corrected chi connectivity index (χ2v) is 9.74. The molecule has 1 aliphatic heterocycles. The van der Waals surface area contributed by atoms with E-state index in [9.17, 15) is 28.6 Å². The van der Waals surface area contributed by atoms with Gasteiger partial charge in [-0.2, -0.15) is 4.31 Å². The lowest BCUT2D eigenvalue weighted by molar-refractivity contribution is -0.384. The maximum absolute atomic E-state index is 13.0. The van der Waals surface area contributed by atoms with Gasteiger partial charge in [0.15, 0.2) is 0 Å². The Morgan fingerprint density at radius 2 is 1.87 bits per heavy atom. The number of benzene rings is 2. The molecule has 0 amide bonds. The maximum Gasteiger partial charge on any atom is 0.293 e. The van der Waals surface area contributed by atoms with Crippen molar-refractivity contribution in [2.24, 2.45) is 5.92 Å². The summed E-state index contributed by atoms with van der Waals surface area (Å²) in [6, 6.07) is 9.88. The van der Waals surface area contributed by atoms with Crippen LogP contribution in [-0.4, -0.2) is 42.7 Å². The number of anilines is 1. The van der Waals surface area contributed by atoms with Crippen molar-refractivity contribution in [3.05, 3.63) is 68.3 Å². The van der Waals surface area contributed by atoms with Crippen molar-refractivity contribution in [3.8, 4) is 0 Å². The zero-order chi connectivity index (χ0) is 22.8. The first-order valence-electron chi connectivity index (χ1n) is 9.82. The van der Waals surface area contributed by atoms with Crippen molar-refractivity contribution in [1.82, 2.24) is 4.31 Å². The van der Waals surface area contributed by atoms with Gasteiger partial charge in [0.05, 0.1) is 14.7 Å². The van der Waals surface area contributed by atoms with Crippen LogP contribution in [0.15, 0.2) is 47.4 Å². The molecule has 31 heavy (non-hydrogen) atoms. The van der Waals surface area contributed by atoms with Crippen LogP contribution in [0.2, 0.25) is 0 Å². The van der Waals surface area contributed by atoms with Crippen molar-refractivity contribution in [2.75, 3.05) is 25.0 Å². The Balaban J connectivity index is 1.91. The number of rotatable bonds is 7. The van der Waals surface area contributed by atoms with E-state index in [1.807, 2.05) is 6.92 Å². The summed E-state index contributed by atoms with van der Waals surface area (Å²) in [6.07, 6.45) is 1.71. The lowest BCUT2D eigenvalue weighted by Crippen LogP contribution is -2.39. The van der Waals surface area contributed by atoms with Crippen LogP contribution in [0, 0.1) is 26.1 Å². The number of hydrogen-bond acceptors (Lipinski definition) is 7. The fraction of sp³-hybridized carbons (Fsp3) is 0.400. The van der Waals surface area contributed by atoms with Gasteiger partial charge in [0, 0.05) is 44.9 Å². The number of hydrogen-bond donors (Lipinski definition) is 0. The molecule has 3 rings (SSSR count). The molecule has 0 N–H and O–H groups in total. The smallest absolute Gasteiger partial charge is 0.293 e. The molecular weight excluding hydrogens is 424 g/mol. The monoisotopic (exact) mass is 448 g/mol. The Hall–Kier alpha value is -3.05. The minimum absolute atomic E-state index is 0.0717. The van der Waals surface area contributed by atoms with Crippen LogP contribution in [-0.2, 0) is 16.6 Å². The van der Waals surface area contributed by atoms with Gasteiger partial charge in [-0.15, -0.1) is 0 Å². The van der Waals surface area contributed by atoms with Gasteiger partial charge in [-0.05, 0) is 36.5 Å². The molecule has 1 fully saturated rings. The Morgan fingerprint density at radius 1 is 1.13 bits per heavy atom. The van der Waals surface area contributed by atoms with Gasteiger partial charge in [-0.1, -0.05) is 19.1 Å². The first kappa shape index (κ1) is 22.6. The summed E-state index contributed by atoms with van der Waals surface area (Å²) in [5.41, 5.74) is 0.420. The molecule has 0 unspecified atom stereocenters. The normalized spacial score (nSPS) is 17.3. The summed E-state index contributed by atoms with van der Waals surface area (Å²) in [5, 5.41) is 22.7. The van der Waals surface area contributed by atoms with Crippen molar-refractivity contribution in [2.45, 2.75) is 31.2 Å². The number of sulfonamides is 1. The topological polar surface area (TPSA) is 127 Å². The third-order valence-electron chi connectivity index (χ3n) is 5.35. The molecule has 2 aromatic carbocycles. The average molecular weight is 449 g/mol. The van der Waals surface area contributed by atoms with Crippen LogP contribution < -0.4 is 4.90 Å². The molecule has 1 saturated heterocycles. The molecule has 10 nitrogen and oxygen atoms in total. The second kappa shape index (κ2) is 8.98. The van der Waals surface area contributed by atoms with E-state index in [0.29, 0.717) is 18.7 Å². The molecule has 0 bridgehead atoms. The molecule has 11 heteroatoms. The van der Waals surface area contributed by atoms with E-state index in [-0.39, 0.29) is 34.4 Å². The van der Waals surface area contributed by atoms with Gasteiger partial charge >= 0.3 is 0 Å². The third kappa shape index (κ3) is 5.00. The van der Waals surface area contributed by atoms with E-state index in [1.165, 1.54) is 28.6 Å². The van der Waals surface area contributed by atoms with E-state index in [4.69, 9.17) is 0 Å². The van der Waals surface area contributed by atoms with Gasteiger partial charge in [-0.3, -0.25) is 20.2 Å². The number of nitro groups is 2. The fourth-order valence-corrected chi connectivity index (χ4v) is 5.39. The van der Waals surface area contributed by atoms with E-state index in [1.54, 1.807) is 24.1 Å². The molecule has 1 aliphatic rings. The molecule has 0 aromatic heterocycles. The first-order valence-corrected chi connectivity index (χ1v) is 11.3. The second-order valence-electron chi connectivity index (χ2n) is 7.80. The van der Waals surface area contributed by atoms with Crippen molar-refractivity contribution >= 4 is 27.1 Å². The van der Waals surface area contributed by atoms with Crippen LogP contribution >= 0.6 is 0 Å². The minimum atomic E-state index is -3.83. The van der Waals surface area contributed by atoms with E-state index in [0.717, 1.165) is 18.9 Å². The van der Waals surface area contributed by atoms with Gasteiger partial charge in [0.1, 0.15) is 5.69 Å². The Kier molecular flexibility index (Phi) is 6.56. The number of nitro benzene ring substituents is 2. The van der Waals surface area contributed by atoms with Gasteiger partial charge < -0.3 is 4.90 Å². The highest BCUT2D eigenvalue weighted by molar-refractivity contribution is 7.89. The SMILES string of the molecule is C[C@@H]1CCCN(S(=O)(=O)c2ccc(N(C)Cc3cccc([N+](=O)[O-])c3)c([N+](=O)[O-])c2)C1. The lowest BCUT2D eigenvalue weighted by Gasteiger charge is -2.30. The predicted molar refractivity (Wildman–Crippen MR) is 115 cm³/mol. The predicted octanol–water partition coefficient (Wildman–Crippen LogP) is 3.56. The standard InChI is InChI=1S/C20H24N4O6S/c1-15-5-4-10-22(13-15)31(29,30)18-8-9-19(20(12-18)24(27)28)21(2)14-16-6-3-7-17(11-16)23(25)26/h3,6-9,11-12,15H,4-5,10,13-14H2,1-2H3/t15-/m1/s1. The molecule has 1 heterocycles. The highest BCUT2D eigenvalue weighted by Gasteiger charge is 2.31. The summed E-state index contributed by atoms with van der Waals surface area (Å²) in [4.78, 5) is 23.0. The third-order valence-corrected chi connectivity index (χ3v) is 7.21. The zero-order valence-electron chi connectivity index (χ0n) is 17.3. The molecule has 0 saturated carbocycles. The van der Waals surface area contributed by atoms with Crippen LogP contribution in [0.4, 0.5) is 17.1 Å². The number of piperidine rings is 1. The summed E-state index contributed by atoms with van der Waals surface area (Å²) >= 11 is 0. The van der Waals surface area contributed by atoms with E-state index >= 15 is 0 Å². The molecule has 0 radical (unpaired) electrons. The van der Waals surface area contributed by atoms with Crippen LogP contribution in [0.25, 0.3) is 0 Å². The molecule has 166 valence electrons. The lowest BCUT2D eigenvalue weighted by atomic mass is 10.0. The molecular formula is C20H24N4O6S. The minimum Gasteiger partial charge on any atom is -0.365 e. The van der Waals surface area contributed by atoms with E-state index in [2.05, 4.69) is 0 Å². The van der Waals surface area contributed by atoms with Crippen molar-refractivity contribution < 1.29 is 18.3 Å². The fourth-order valence-electron chi connectivity index (χ4n) is 3.77. The summed E-state index contributed by atoms with van der Waals surface area (Å²) in [7, 11) is -2.22. The quantitative estimate of drug-likeness (QED) is 0.468. The number of nitrogens with zero attached hydrogens (tertiary/aromatic N) is 4. The molecule has 0 aliphatic carbocycles. The summed E-state index contributed by atoms with van der Waals surface area (Å²) < 4.78 is 27.4. The maximum atomic E-state index is 13.0. The van der Waals surface area contributed by atoms with Gasteiger partial charge in [-0.25, -0.2) is 8.42 Å². The van der Waals surface area contributed by atoms with Crippen LogP contribution in [0.5, 0.6) is 0 Å². The van der Waals surface area contributed by atoms with Crippen LogP contribution in [0.1, 0.15) is 25.3 Å². The van der Waals surface area contributed by atoms with Crippen LogP contribution in [0.3, 0.4) is 0 Å². The largest absolute Gasteiger partial charge is 0.365 e. The Morgan fingerprint density at radius 3 is 2.52 bits per heavy atom. The summed E-state index contributed by atoms with van der Waals surface area (Å²) in [5.74, 6) is 0.235. The van der Waals surface area contributed by atoms with Crippen molar-refractivity contribution in [1.29, 1.82) is 0 Å². The molecule has 1 atom stereocenters.